The normalized spacial score (nSPS) is 17.3. The minimum absolute atomic E-state index is 0.109. The smallest absolute Gasteiger partial charge is 0.244 e. The van der Waals surface area contributed by atoms with Crippen LogP contribution in [-0.2, 0) is 14.3 Å². The number of carbonyl (C=O) groups is 1. The van der Waals surface area contributed by atoms with Crippen LogP contribution in [0.15, 0.2) is 28.7 Å². The Kier molecular flexibility index (Phi) is 8.28. The van der Waals surface area contributed by atoms with E-state index in [9.17, 15) is 4.79 Å². The summed E-state index contributed by atoms with van der Waals surface area (Å²) in [7, 11) is 0. The minimum atomic E-state index is -0.109. The van der Waals surface area contributed by atoms with Gasteiger partial charge in [-0.1, -0.05) is 15.9 Å². The summed E-state index contributed by atoms with van der Waals surface area (Å²) in [6, 6.07) is 5.71. The third-order valence-electron chi connectivity index (χ3n) is 3.66. The number of amides is 1. The molecule has 5 nitrogen and oxygen atoms in total. The summed E-state index contributed by atoms with van der Waals surface area (Å²) < 4.78 is 17.2. The van der Waals surface area contributed by atoms with E-state index in [0.29, 0.717) is 32.3 Å². The summed E-state index contributed by atoms with van der Waals surface area (Å²) in [6.45, 7) is 5.81. The number of carbonyl (C=O) groups excluding carboxylic acids is 1. The Hall–Kier alpha value is -1.37. The predicted molar refractivity (Wildman–Crippen MR) is 97.1 cm³/mol. The Morgan fingerprint density at radius 2 is 2.33 bits per heavy atom. The zero-order valence-electron chi connectivity index (χ0n) is 13.9. The van der Waals surface area contributed by atoms with Gasteiger partial charge in [0.15, 0.2) is 0 Å². The van der Waals surface area contributed by atoms with Gasteiger partial charge in [-0.25, -0.2) is 0 Å². The van der Waals surface area contributed by atoms with Gasteiger partial charge >= 0.3 is 0 Å². The van der Waals surface area contributed by atoms with Crippen LogP contribution in [0.5, 0.6) is 5.75 Å². The van der Waals surface area contributed by atoms with Gasteiger partial charge in [0, 0.05) is 41.8 Å². The SMILES string of the molecule is CCOCCOc1ccc(Br)cc1/C=C/C(=O)NCC1CCOC1. The van der Waals surface area contributed by atoms with Gasteiger partial charge in [-0.2, -0.15) is 0 Å². The molecule has 1 aliphatic rings. The van der Waals surface area contributed by atoms with Gasteiger partial charge < -0.3 is 19.5 Å². The van der Waals surface area contributed by atoms with Gasteiger partial charge in [-0.3, -0.25) is 4.79 Å². The lowest BCUT2D eigenvalue weighted by Crippen LogP contribution is -2.27. The molecule has 1 aromatic rings. The molecule has 1 unspecified atom stereocenters. The van der Waals surface area contributed by atoms with Crippen molar-refractivity contribution in [3.63, 3.8) is 0 Å². The van der Waals surface area contributed by atoms with Gasteiger partial charge in [-0.15, -0.1) is 0 Å². The van der Waals surface area contributed by atoms with Crippen molar-refractivity contribution in [2.75, 3.05) is 39.6 Å². The molecule has 0 radical (unpaired) electrons. The number of rotatable bonds is 9. The Balaban J connectivity index is 1.88. The number of benzene rings is 1. The van der Waals surface area contributed by atoms with Crippen molar-refractivity contribution in [3.05, 3.63) is 34.3 Å². The second kappa shape index (κ2) is 10.5. The maximum Gasteiger partial charge on any atom is 0.244 e. The fraction of sp³-hybridized carbons (Fsp3) is 0.500. The van der Waals surface area contributed by atoms with E-state index in [1.807, 2.05) is 25.1 Å². The van der Waals surface area contributed by atoms with Crippen LogP contribution in [0.25, 0.3) is 6.08 Å². The van der Waals surface area contributed by atoms with Crippen molar-refractivity contribution in [2.24, 2.45) is 5.92 Å². The topological polar surface area (TPSA) is 56.8 Å². The van der Waals surface area contributed by atoms with Crippen LogP contribution in [0.2, 0.25) is 0 Å². The Bertz CT molecular complexity index is 556. The Labute approximate surface area is 151 Å². The first-order valence-electron chi connectivity index (χ1n) is 8.22. The van der Waals surface area contributed by atoms with Crippen LogP contribution in [0.4, 0.5) is 0 Å². The third-order valence-corrected chi connectivity index (χ3v) is 4.16. The number of hydrogen-bond acceptors (Lipinski definition) is 4. The van der Waals surface area contributed by atoms with Gasteiger partial charge in [0.1, 0.15) is 12.4 Å². The van der Waals surface area contributed by atoms with Crippen molar-refractivity contribution >= 4 is 27.9 Å². The average Bonchev–Trinajstić information content (AvgIpc) is 3.10. The van der Waals surface area contributed by atoms with E-state index >= 15 is 0 Å². The van der Waals surface area contributed by atoms with E-state index in [1.54, 1.807) is 6.08 Å². The van der Waals surface area contributed by atoms with E-state index in [0.717, 1.165) is 35.4 Å². The molecule has 1 atom stereocenters. The summed E-state index contributed by atoms with van der Waals surface area (Å²) in [5.74, 6) is 1.04. The van der Waals surface area contributed by atoms with Crippen LogP contribution in [-0.4, -0.2) is 45.5 Å². The largest absolute Gasteiger partial charge is 0.491 e. The maximum atomic E-state index is 12.0. The zero-order valence-corrected chi connectivity index (χ0v) is 15.5. The average molecular weight is 398 g/mol. The van der Waals surface area contributed by atoms with E-state index in [2.05, 4.69) is 21.2 Å². The van der Waals surface area contributed by atoms with E-state index in [-0.39, 0.29) is 5.91 Å². The van der Waals surface area contributed by atoms with Crippen LogP contribution >= 0.6 is 15.9 Å². The molecule has 0 bridgehead atoms. The molecule has 0 saturated carbocycles. The number of nitrogens with one attached hydrogen (secondary N) is 1. The summed E-state index contributed by atoms with van der Waals surface area (Å²) >= 11 is 3.44. The molecule has 1 aliphatic heterocycles. The molecule has 2 rings (SSSR count). The lowest BCUT2D eigenvalue weighted by Gasteiger charge is -2.10. The maximum absolute atomic E-state index is 12.0. The third kappa shape index (κ3) is 6.63. The molecule has 1 fully saturated rings. The fourth-order valence-electron chi connectivity index (χ4n) is 2.35. The standard InChI is InChI=1S/C18H24BrNO4/c1-2-22-9-10-24-17-5-4-16(19)11-15(17)3-6-18(21)20-12-14-7-8-23-13-14/h3-6,11,14H,2,7-10,12-13H2,1H3,(H,20,21)/b6-3+. The molecule has 1 aromatic carbocycles. The molecule has 1 saturated heterocycles. The molecule has 0 aliphatic carbocycles. The molecule has 0 spiro atoms. The van der Waals surface area contributed by atoms with Crippen molar-refractivity contribution in [1.82, 2.24) is 5.32 Å². The summed E-state index contributed by atoms with van der Waals surface area (Å²) in [6.07, 6.45) is 4.31. The lowest BCUT2D eigenvalue weighted by atomic mass is 10.1. The fourth-order valence-corrected chi connectivity index (χ4v) is 2.73. The van der Waals surface area contributed by atoms with E-state index in [1.165, 1.54) is 6.08 Å². The summed E-state index contributed by atoms with van der Waals surface area (Å²) in [4.78, 5) is 12.0. The van der Waals surface area contributed by atoms with Crippen molar-refractivity contribution in [3.8, 4) is 5.75 Å². The number of ether oxygens (including phenoxy) is 3. The lowest BCUT2D eigenvalue weighted by molar-refractivity contribution is -0.116. The molecule has 24 heavy (non-hydrogen) atoms. The molecular formula is C18H24BrNO4. The summed E-state index contributed by atoms with van der Waals surface area (Å²) in [5, 5.41) is 2.91. The van der Waals surface area contributed by atoms with Crippen molar-refractivity contribution in [1.29, 1.82) is 0 Å². The van der Waals surface area contributed by atoms with Gasteiger partial charge in [0.25, 0.3) is 0 Å². The second-order valence-corrected chi connectivity index (χ2v) is 6.45. The highest BCUT2D eigenvalue weighted by atomic mass is 79.9. The van der Waals surface area contributed by atoms with Gasteiger partial charge in [-0.05, 0) is 37.6 Å². The molecule has 132 valence electrons. The first kappa shape index (κ1) is 19.0. The van der Waals surface area contributed by atoms with Gasteiger partial charge in [0.05, 0.1) is 13.2 Å². The molecule has 1 heterocycles. The molecule has 1 N–H and O–H groups in total. The minimum Gasteiger partial charge on any atom is -0.491 e. The molecular weight excluding hydrogens is 374 g/mol. The molecule has 6 heteroatoms. The molecule has 0 aromatic heterocycles. The Morgan fingerprint density at radius 1 is 1.46 bits per heavy atom. The monoisotopic (exact) mass is 397 g/mol. The zero-order chi connectivity index (χ0) is 17.2. The van der Waals surface area contributed by atoms with Crippen LogP contribution in [0.3, 0.4) is 0 Å². The quantitative estimate of drug-likeness (QED) is 0.513. The Morgan fingerprint density at radius 3 is 3.08 bits per heavy atom. The first-order chi connectivity index (χ1) is 11.7. The van der Waals surface area contributed by atoms with E-state index in [4.69, 9.17) is 14.2 Å². The van der Waals surface area contributed by atoms with Crippen molar-refractivity contribution < 1.29 is 19.0 Å². The van der Waals surface area contributed by atoms with E-state index < -0.39 is 0 Å². The van der Waals surface area contributed by atoms with Crippen LogP contribution < -0.4 is 10.1 Å². The number of hydrogen-bond donors (Lipinski definition) is 1. The van der Waals surface area contributed by atoms with Crippen molar-refractivity contribution in [2.45, 2.75) is 13.3 Å². The van der Waals surface area contributed by atoms with Crippen LogP contribution in [0, 0.1) is 5.92 Å². The van der Waals surface area contributed by atoms with Gasteiger partial charge in [0.2, 0.25) is 5.91 Å². The highest BCUT2D eigenvalue weighted by molar-refractivity contribution is 9.10. The number of halogens is 1. The van der Waals surface area contributed by atoms with Crippen LogP contribution in [0.1, 0.15) is 18.9 Å². The first-order valence-corrected chi connectivity index (χ1v) is 9.02. The highest BCUT2D eigenvalue weighted by Crippen LogP contribution is 2.24. The highest BCUT2D eigenvalue weighted by Gasteiger charge is 2.15. The second-order valence-electron chi connectivity index (χ2n) is 5.54. The summed E-state index contributed by atoms with van der Waals surface area (Å²) in [5.41, 5.74) is 0.847. The molecule has 1 amide bonds. The predicted octanol–water partition coefficient (Wildman–Crippen LogP) is 3.03.